The van der Waals surface area contributed by atoms with Crippen LogP contribution in [0.5, 0.6) is 5.75 Å². The maximum absolute atomic E-state index is 12.3. The van der Waals surface area contributed by atoms with Gasteiger partial charge in [-0.2, -0.15) is 0 Å². The maximum atomic E-state index is 12.3. The molecule has 0 aliphatic rings. The van der Waals surface area contributed by atoms with Gasteiger partial charge in [-0.1, -0.05) is 41.7 Å². The number of benzene rings is 2. The highest BCUT2D eigenvalue weighted by Crippen LogP contribution is 2.27. The smallest absolute Gasteiger partial charge is 0.248 e. The molecule has 0 bridgehead atoms. The molecule has 2 amide bonds. The molecular formula is C21H20N4O3S. The maximum Gasteiger partial charge on any atom is 0.248 e. The molecule has 148 valence electrons. The van der Waals surface area contributed by atoms with Crippen LogP contribution >= 0.6 is 11.3 Å². The topological polar surface area (TPSA) is 93.2 Å². The van der Waals surface area contributed by atoms with E-state index in [1.165, 1.54) is 17.4 Å². The first kappa shape index (κ1) is 20.2. The quantitative estimate of drug-likeness (QED) is 0.585. The van der Waals surface area contributed by atoms with Gasteiger partial charge in [0, 0.05) is 11.6 Å². The number of carbonyl (C=O) groups excluding carboxylic acids is 2. The fourth-order valence-electron chi connectivity index (χ4n) is 2.40. The summed E-state index contributed by atoms with van der Waals surface area (Å²) in [6, 6.07) is 16.1. The standard InChI is InChI=1S/C21H20N4O3S/c1-14(22-18(26)13-8-15-6-4-3-5-7-15)19(27)23-21-25-24-20(29-21)16-9-11-17(28-2)12-10-16/h3-14H,1-2H3,(H,22,26)(H,23,25,27)/b13-8+/t14-/m1/s1. The van der Waals surface area contributed by atoms with Gasteiger partial charge in [-0.15, -0.1) is 10.2 Å². The molecule has 0 aliphatic heterocycles. The van der Waals surface area contributed by atoms with Crippen molar-refractivity contribution in [2.24, 2.45) is 0 Å². The highest BCUT2D eigenvalue weighted by atomic mass is 32.1. The van der Waals surface area contributed by atoms with Crippen LogP contribution < -0.4 is 15.4 Å². The van der Waals surface area contributed by atoms with Crippen LogP contribution in [0, 0.1) is 0 Å². The second-order valence-electron chi connectivity index (χ2n) is 6.10. The van der Waals surface area contributed by atoms with E-state index >= 15 is 0 Å². The number of nitrogens with zero attached hydrogens (tertiary/aromatic N) is 2. The third kappa shape index (κ3) is 5.73. The van der Waals surface area contributed by atoms with Crippen molar-refractivity contribution in [3.8, 4) is 16.3 Å². The molecule has 0 saturated heterocycles. The van der Waals surface area contributed by atoms with Crippen molar-refractivity contribution in [3.63, 3.8) is 0 Å². The number of hydrogen-bond acceptors (Lipinski definition) is 6. The van der Waals surface area contributed by atoms with Crippen molar-refractivity contribution in [3.05, 3.63) is 66.2 Å². The monoisotopic (exact) mass is 408 g/mol. The van der Waals surface area contributed by atoms with Crippen molar-refractivity contribution in [1.29, 1.82) is 0 Å². The van der Waals surface area contributed by atoms with E-state index in [4.69, 9.17) is 4.74 Å². The average Bonchev–Trinajstić information content (AvgIpc) is 3.21. The molecular weight excluding hydrogens is 388 g/mol. The molecule has 0 radical (unpaired) electrons. The minimum atomic E-state index is -0.726. The normalized spacial score (nSPS) is 11.8. The van der Waals surface area contributed by atoms with Gasteiger partial charge in [0.2, 0.25) is 16.9 Å². The molecule has 7 nitrogen and oxygen atoms in total. The van der Waals surface area contributed by atoms with Crippen molar-refractivity contribution >= 4 is 34.4 Å². The summed E-state index contributed by atoms with van der Waals surface area (Å²) in [5.74, 6) is 0.0225. The number of aromatic nitrogens is 2. The van der Waals surface area contributed by atoms with Gasteiger partial charge in [0.05, 0.1) is 7.11 Å². The van der Waals surface area contributed by atoms with Crippen LogP contribution in [0.3, 0.4) is 0 Å². The molecule has 0 spiro atoms. The van der Waals surface area contributed by atoms with Gasteiger partial charge in [-0.25, -0.2) is 0 Å². The van der Waals surface area contributed by atoms with Crippen molar-refractivity contribution < 1.29 is 14.3 Å². The van der Waals surface area contributed by atoms with Gasteiger partial charge < -0.3 is 10.1 Å². The second kappa shape index (κ2) is 9.61. The highest BCUT2D eigenvalue weighted by molar-refractivity contribution is 7.18. The van der Waals surface area contributed by atoms with Crippen LogP contribution in [-0.4, -0.2) is 35.2 Å². The lowest BCUT2D eigenvalue weighted by Crippen LogP contribution is -2.40. The van der Waals surface area contributed by atoms with Gasteiger partial charge in [0.25, 0.3) is 0 Å². The molecule has 8 heteroatoms. The molecule has 0 saturated carbocycles. The fourth-order valence-corrected chi connectivity index (χ4v) is 3.15. The predicted octanol–water partition coefficient (Wildman–Crippen LogP) is 3.37. The van der Waals surface area contributed by atoms with E-state index in [1.54, 1.807) is 20.1 Å². The Hall–Kier alpha value is -3.52. The third-order valence-electron chi connectivity index (χ3n) is 3.97. The number of hydrogen-bond donors (Lipinski definition) is 2. The average molecular weight is 408 g/mol. The zero-order valence-electron chi connectivity index (χ0n) is 16.0. The Balaban J connectivity index is 1.54. The molecule has 29 heavy (non-hydrogen) atoms. The molecule has 3 rings (SSSR count). The summed E-state index contributed by atoms with van der Waals surface area (Å²) in [4.78, 5) is 24.3. The second-order valence-corrected chi connectivity index (χ2v) is 7.08. The lowest BCUT2D eigenvalue weighted by Gasteiger charge is -2.11. The van der Waals surface area contributed by atoms with Crippen LogP contribution in [0.2, 0.25) is 0 Å². The van der Waals surface area contributed by atoms with Crippen molar-refractivity contribution in [1.82, 2.24) is 15.5 Å². The Morgan fingerprint density at radius 3 is 2.48 bits per heavy atom. The summed E-state index contributed by atoms with van der Waals surface area (Å²) in [7, 11) is 1.60. The predicted molar refractivity (Wildman–Crippen MR) is 114 cm³/mol. The van der Waals surface area contributed by atoms with Crippen LogP contribution in [0.1, 0.15) is 12.5 Å². The van der Waals surface area contributed by atoms with Gasteiger partial charge in [-0.05, 0) is 42.8 Å². The van der Waals surface area contributed by atoms with Gasteiger partial charge >= 0.3 is 0 Å². The number of ether oxygens (including phenoxy) is 1. The van der Waals surface area contributed by atoms with Crippen molar-refractivity contribution in [2.75, 3.05) is 12.4 Å². The van der Waals surface area contributed by atoms with E-state index in [2.05, 4.69) is 20.8 Å². The zero-order valence-corrected chi connectivity index (χ0v) is 16.8. The zero-order chi connectivity index (χ0) is 20.6. The van der Waals surface area contributed by atoms with E-state index in [0.29, 0.717) is 10.1 Å². The number of methoxy groups -OCH3 is 1. The molecule has 2 N–H and O–H groups in total. The summed E-state index contributed by atoms with van der Waals surface area (Å²) in [5.41, 5.74) is 1.77. The fraction of sp³-hybridized carbons (Fsp3) is 0.143. The molecule has 3 aromatic rings. The Morgan fingerprint density at radius 1 is 1.07 bits per heavy atom. The Labute approximate surface area is 172 Å². The van der Waals surface area contributed by atoms with Crippen LogP contribution in [0.15, 0.2) is 60.7 Å². The summed E-state index contributed by atoms with van der Waals surface area (Å²) in [6.45, 7) is 1.61. The molecule has 2 aromatic carbocycles. The lowest BCUT2D eigenvalue weighted by molar-refractivity contribution is -0.123. The lowest BCUT2D eigenvalue weighted by atomic mass is 10.2. The van der Waals surface area contributed by atoms with E-state index in [1.807, 2.05) is 54.6 Å². The Kier molecular flexibility index (Phi) is 6.70. The summed E-state index contributed by atoms with van der Waals surface area (Å²) < 4.78 is 5.13. The van der Waals surface area contributed by atoms with Crippen LogP contribution in [-0.2, 0) is 9.59 Å². The highest BCUT2D eigenvalue weighted by Gasteiger charge is 2.17. The van der Waals surface area contributed by atoms with Crippen LogP contribution in [0.25, 0.3) is 16.6 Å². The van der Waals surface area contributed by atoms with Crippen molar-refractivity contribution in [2.45, 2.75) is 13.0 Å². The van der Waals surface area contributed by atoms with Gasteiger partial charge in [-0.3, -0.25) is 14.9 Å². The van der Waals surface area contributed by atoms with E-state index in [-0.39, 0.29) is 11.8 Å². The first-order valence-corrected chi connectivity index (χ1v) is 9.69. The van der Waals surface area contributed by atoms with E-state index in [9.17, 15) is 9.59 Å². The Morgan fingerprint density at radius 2 is 1.79 bits per heavy atom. The van der Waals surface area contributed by atoms with E-state index < -0.39 is 6.04 Å². The molecule has 0 unspecified atom stereocenters. The largest absolute Gasteiger partial charge is 0.497 e. The van der Waals surface area contributed by atoms with Crippen LogP contribution in [0.4, 0.5) is 5.13 Å². The number of nitrogens with one attached hydrogen (secondary N) is 2. The molecule has 1 heterocycles. The summed E-state index contributed by atoms with van der Waals surface area (Å²) in [6.07, 6.45) is 3.08. The molecule has 1 aromatic heterocycles. The summed E-state index contributed by atoms with van der Waals surface area (Å²) >= 11 is 1.25. The first-order chi connectivity index (χ1) is 14.0. The third-order valence-corrected chi connectivity index (χ3v) is 4.86. The SMILES string of the molecule is COc1ccc(-c2nnc(NC(=O)[C@@H](C)NC(=O)/C=C/c3ccccc3)s2)cc1. The number of anilines is 1. The van der Waals surface area contributed by atoms with E-state index in [0.717, 1.165) is 16.9 Å². The summed E-state index contributed by atoms with van der Waals surface area (Å²) in [5, 5.41) is 14.4. The minimum absolute atomic E-state index is 0.354. The first-order valence-electron chi connectivity index (χ1n) is 8.87. The molecule has 0 fully saturated rings. The van der Waals surface area contributed by atoms with Gasteiger partial charge in [0.15, 0.2) is 0 Å². The van der Waals surface area contributed by atoms with Gasteiger partial charge in [0.1, 0.15) is 16.8 Å². The Bertz CT molecular complexity index is 1000. The number of carbonyl (C=O) groups is 2. The minimum Gasteiger partial charge on any atom is -0.497 e. The number of amides is 2. The number of rotatable bonds is 7. The molecule has 0 aliphatic carbocycles. The molecule has 1 atom stereocenters.